The maximum absolute atomic E-state index is 13.6. The van der Waals surface area contributed by atoms with Crippen molar-refractivity contribution < 1.29 is 4.79 Å². The van der Waals surface area contributed by atoms with Crippen LogP contribution in [0, 0.1) is 13.5 Å². The molecule has 3 fully saturated rings. The lowest BCUT2D eigenvalue weighted by Crippen LogP contribution is -2.55. The first-order valence-electron chi connectivity index (χ1n) is 11.5. The van der Waals surface area contributed by atoms with E-state index < -0.39 is 5.54 Å². The van der Waals surface area contributed by atoms with Gasteiger partial charge >= 0.3 is 0 Å². The second-order valence-corrected chi connectivity index (χ2v) is 9.70. The van der Waals surface area contributed by atoms with E-state index in [2.05, 4.69) is 50.9 Å². The summed E-state index contributed by atoms with van der Waals surface area (Å²) in [5, 5.41) is 0.489. The van der Waals surface area contributed by atoms with Gasteiger partial charge < -0.3 is 14.6 Å². The molecule has 0 N–H and O–H groups in total. The van der Waals surface area contributed by atoms with Gasteiger partial charge in [-0.3, -0.25) is 14.6 Å². The van der Waals surface area contributed by atoms with Gasteiger partial charge in [0.2, 0.25) is 0 Å². The molecule has 1 saturated carbocycles. The summed E-state index contributed by atoms with van der Waals surface area (Å²) in [4.78, 5) is 29.8. The number of rotatable bonds is 4. The Labute approximate surface area is 200 Å². The van der Waals surface area contributed by atoms with E-state index in [0.29, 0.717) is 16.6 Å². The molecule has 7 nitrogen and oxygen atoms in total. The second kappa shape index (κ2) is 8.49. The van der Waals surface area contributed by atoms with E-state index in [9.17, 15) is 4.79 Å². The van der Waals surface area contributed by atoms with Crippen LogP contribution in [0.15, 0.2) is 36.5 Å². The molecule has 3 heterocycles. The quantitative estimate of drug-likeness (QED) is 0.512. The van der Waals surface area contributed by atoms with Gasteiger partial charge in [0.05, 0.1) is 5.69 Å². The first-order chi connectivity index (χ1) is 15.9. The van der Waals surface area contributed by atoms with E-state index in [-0.39, 0.29) is 5.91 Å². The number of hydrogen-bond acceptors (Lipinski definition) is 5. The average Bonchev–Trinajstić information content (AvgIpc) is 3.02. The van der Waals surface area contributed by atoms with Gasteiger partial charge in [-0.05, 0) is 74.8 Å². The predicted octanol–water partition coefficient (Wildman–Crippen LogP) is 3.75. The monoisotopic (exact) mass is 460 g/mol. The highest BCUT2D eigenvalue weighted by atomic mass is 32.1. The molecule has 1 spiro atoms. The summed E-state index contributed by atoms with van der Waals surface area (Å²) >= 11 is 5.86. The molecular weight excluding hydrogens is 432 g/mol. The number of carbonyl (C=O) groups is 1. The Morgan fingerprint density at radius 3 is 2.39 bits per heavy atom. The molecule has 3 aliphatic rings. The van der Waals surface area contributed by atoms with Gasteiger partial charge in [-0.15, -0.1) is 4.98 Å². The minimum absolute atomic E-state index is 0.0111. The lowest BCUT2D eigenvalue weighted by atomic mass is 9.75. The minimum Gasteiger partial charge on any atom is -0.360 e. The van der Waals surface area contributed by atoms with E-state index in [0.717, 1.165) is 63.2 Å². The number of anilines is 2. The first kappa shape index (κ1) is 22.0. The molecule has 1 aromatic carbocycles. The lowest BCUT2D eigenvalue weighted by Gasteiger charge is -2.43. The van der Waals surface area contributed by atoms with Crippen LogP contribution < -0.4 is 9.80 Å². The van der Waals surface area contributed by atoms with Crippen molar-refractivity contribution >= 4 is 40.4 Å². The number of aryl methyl sites for hydroxylation is 1. The van der Waals surface area contributed by atoms with Crippen molar-refractivity contribution in [3.05, 3.63) is 59.1 Å². The third-order valence-corrected chi connectivity index (χ3v) is 7.55. The Morgan fingerprint density at radius 2 is 1.82 bits per heavy atom. The number of benzene rings is 1. The van der Waals surface area contributed by atoms with Gasteiger partial charge in [0, 0.05) is 38.4 Å². The molecule has 0 radical (unpaired) electrons. The Bertz CT molecular complexity index is 1130. The summed E-state index contributed by atoms with van der Waals surface area (Å²) in [6.45, 7) is 14.4. The summed E-state index contributed by atoms with van der Waals surface area (Å²) in [6.07, 6.45) is 4.17. The van der Waals surface area contributed by atoms with Gasteiger partial charge in [0.15, 0.2) is 5.11 Å². The van der Waals surface area contributed by atoms with E-state index >= 15 is 0 Å². The summed E-state index contributed by atoms with van der Waals surface area (Å²) in [5.41, 5.74) is 3.00. The van der Waals surface area contributed by atoms with Gasteiger partial charge in [0.1, 0.15) is 11.7 Å². The fourth-order valence-electron chi connectivity index (χ4n) is 5.01. The molecule has 0 bridgehead atoms. The fourth-order valence-corrected chi connectivity index (χ4v) is 5.48. The van der Waals surface area contributed by atoms with Crippen LogP contribution in [0.3, 0.4) is 0 Å². The average molecular weight is 461 g/mol. The summed E-state index contributed by atoms with van der Waals surface area (Å²) in [6, 6.07) is 10.3. The number of amides is 1. The number of hydrogen-bond donors (Lipinski definition) is 0. The Kier molecular flexibility index (Phi) is 5.65. The third-order valence-electron chi connectivity index (χ3n) is 7.19. The number of piperazine rings is 1. The number of carbonyl (C=O) groups excluding carboxylic acids is 1. The standard InChI is InChI=1S/C25H28N6OS/c1-18-15-21(16-27-22(18)26-2)30-23(32)25(9-4-10-25)31(24(30)33)20-7-5-19(6-8-20)17-29-13-11-28(3)12-14-29/h5-8,15-16H,4,9-14,17H2,1,3H3. The summed E-state index contributed by atoms with van der Waals surface area (Å²) < 4.78 is 0. The van der Waals surface area contributed by atoms with E-state index in [1.54, 1.807) is 11.1 Å². The molecule has 8 heteroatoms. The van der Waals surface area contributed by atoms with Crippen molar-refractivity contribution in [3.8, 4) is 0 Å². The van der Waals surface area contributed by atoms with Crippen molar-refractivity contribution in [2.75, 3.05) is 43.0 Å². The van der Waals surface area contributed by atoms with Crippen molar-refractivity contribution in [1.82, 2.24) is 14.8 Å². The number of nitrogens with zero attached hydrogens (tertiary/aromatic N) is 6. The molecule has 1 aliphatic carbocycles. The number of aromatic nitrogens is 1. The fraction of sp³-hybridized carbons (Fsp3) is 0.440. The molecular formula is C25H28N6OS. The zero-order valence-corrected chi connectivity index (χ0v) is 19.9. The topological polar surface area (TPSA) is 47.3 Å². The zero-order chi connectivity index (χ0) is 23.2. The summed E-state index contributed by atoms with van der Waals surface area (Å²) in [7, 11) is 2.17. The van der Waals surface area contributed by atoms with Gasteiger partial charge in [-0.1, -0.05) is 18.7 Å². The van der Waals surface area contributed by atoms with Crippen molar-refractivity contribution in [1.29, 1.82) is 0 Å². The first-order valence-corrected chi connectivity index (χ1v) is 11.9. The highest BCUT2D eigenvalue weighted by molar-refractivity contribution is 7.81. The maximum atomic E-state index is 13.6. The largest absolute Gasteiger partial charge is 0.360 e. The van der Waals surface area contributed by atoms with Crippen LogP contribution >= 0.6 is 12.2 Å². The highest BCUT2D eigenvalue weighted by Crippen LogP contribution is 2.47. The molecule has 1 amide bonds. The SMILES string of the molecule is [C-]#[N+]c1ncc(N2C(=O)C3(CCC3)N(c3ccc(CN4CCN(C)CC4)cc3)C2=S)cc1C. The summed E-state index contributed by atoms with van der Waals surface area (Å²) in [5.74, 6) is 0.361. The van der Waals surface area contributed by atoms with E-state index in [1.165, 1.54) is 5.56 Å². The van der Waals surface area contributed by atoms with Crippen LogP contribution in [0.2, 0.25) is 0 Å². The van der Waals surface area contributed by atoms with Gasteiger partial charge in [-0.2, -0.15) is 0 Å². The predicted molar refractivity (Wildman–Crippen MR) is 134 cm³/mol. The van der Waals surface area contributed by atoms with Crippen molar-refractivity contribution in [2.24, 2.45) is 0 Å². The van der Waals surface area contributed by atoms with E-state index in [1.807, 2.05) is 17.9 Å². The molecule has 2 aliphatic heterocycles. The smallest absolute Gasteiger partial charge is 0.272 e. The second-order valence-electron chi connectivity index (χ2n) is 9.34. The Morgan fingerprint density at radius 1 is 1.12 bits per heavy atom. The van der Waals surface area contributed by atoms with E-state index in [4.69, 9.17) is 18.8 Å². The molecule has 0 unspecified atom stereocenters. The lowest BCUT2D eigenvalue weighted by molar-refractivity contribution is -0.123. The van der Waals surface area contributed by atoms with Crippen LogP contribution in [0.5, 0.6) is 0 Å². The number of likely N-dealkylation sites (N-methyl/N-ethyl adjacent to an activating group) is 1. The van der Waals surface area contributed by atoms with Crippen LogP contribution in [0.25, 0.3) is 4.85 Å². The Balaban J connectivity index is 1.40. The number of thiocarbonyl (C=S) groups is 1. The molecule has 0 atom stereocenters. The highest BCUT2D eigenvalue weighted by Gasteiger charge is 2.59. The van der Waals surface area contributed by atoms with Crippen molar-refractivity contribution in [3.63, 3.8) is 0 Å². The number of pyridine rings is 1. The molecule has 5 rings (SSSR count). The molecule has 2 aromatic rings. The van der Waals surface area contributed by atoms with Gasteiger partial charge in [-0.25, -0.2) is 0 Å². The minimum atomic E-state index is -0.609. The molecule has 33 heavy (non-hydrogen) atoms. The molecule has 2 saturated heterocycles. The zero-order valence-electron chi connectivity index (χ0n) is 19.1. The van der Waals surface area contributed by atoms with Crippen molar-refractivity contribution in [2.45, 2.75) is 38.3 Å². The maximum Gasteiger partial charge on any atom is 0.272 e. The van der Waals surface area contributed by atoms with Crippen LogP contribution in [0.1, 0.15) is 30.4 Å². The molecule has 170 valence electrons. The van der Waals surface area contributed by atoms with Crippen LogP contribution in [-0.2, 0) is 11.3 Å². The normalized spacial score (nSPS) is 20.9. The van der Waals surface area contributed by atoms with Gasteiger partial charge in [0.25, 0.3) is 11.7 Å². The Hall–Kier alpha value is -2.86. The van der Waals surface area contributed by atoms with Crippen LogP contribution in [-0.4, -0.2) is 64.6 Å². The van der Waals surface area contributed by atoms with Crippen LogP contribution in [0.4, 0.5) is 17.2 Å². The third kappa shape index (κ3) is 3.70. The molecule has 1 aromatic heterocycles.